The first-order valence-corrected chi connectivity index (χ1v) is 9.67. The Labute approximate surface area is 160 Å². The predicted octanol–water partition coefficient (Wildman–Crippen LogP) is 4.88. The minimum atomic E-state index is -0.0419. The van der Waals surface area contributed by atoms with E-state index in [9.17, 15) is 4.79 Å². The van der Waals surface area contributed by atoms with Crippen LogP contribution in [0.2, 0.25) is 0 Å². The van der Waals surface area contributed by atoms with E-state index in [4.69, 9.17) is 0 Å². The number of nitrogens with one attached hydrogen (secondary N) is 2. The minimum absolute atomic E-state index is 0.0419. The van der Waals surface area contributed by atoms with Crippen LogP contribution in [0.25, 0.3) is 10.8 Å². The quantitative estimate of drug-likeness (QED) is 0.682. The van der Waals surface area contributed by atoms with Crippen LogP contribution in [0.1, 0.15) is 19.3 Å². The van der Waals surface area contributed by atoms with Gasteiger partial charge in [-0.05, 0) is 42.8 Å². The van der Waals surface area contributed by atoms with Crippen molar-refractivity contribution >= 4 is 33.7 Å². The fourth-order valence-corrected chi connectivity index (χ4v) is 3.74. The van der Waals surface area contributed by atoms with Crippen LogP contribution in [-0.4, -0.2) is 25.5 Å². The molecule has 0 bridgehead atoms. The summed E-state index contributed by atoms with van der Waals surface area (Å²) in [6.45, 7) is 2.41. The lowest BCUT2D eigenvalue weighted by Gasteiger charge is -2.30. The number of carbonyl (C=O) groups is 1. The molecule has 0 unspecified atom stereocenters. The summed E-state index contributed by atoms with van der Waals surface area (Å²) in [5.74, 6) is -0.0419. The summed E-state index contributed by atoms with van der Waals surface area (Å²) in [4.78, 5) is 14.9. The largest absolute Gasteiger partial charge is 0.374 e. The molecule has 1 amide bonds. The normalized spacial score (nSPS) is 14.1. The third kappa shape index (κ3) is 4.05. The first kappa shape index (κ1) is 17.4. The molecule has 3 aromatic carbocycles. The lowest BCUT2D eigenvalue weighted by molar-refractivity contribution is -0.114. The Morgan fingerprint density at radius 2 is 1.52 bits per heavy atom. The van der Waals surface area contributed by atoms with Crippen LogP contribution in [0.5, 0.6) is 0 Å². The average molecular weight is 359 g/mol. The van der Waals surface area contributed by atoms with Crippen molar-refractivity contribution in [2.45, 2.75) is 19.3 Å². The molecule has 27 heavy (non-hydrogen) atoms. The second-order valence-corrected chi connectivity index (χ2v) is 6.99. The maximum absolute atomic E-state index is 12.5. The maximum atomic E-state index is 12.5. The van der Waals surface area contributed by atoms with Crippen molar-refractivity contribution in [2.24, 2.45) is 0 Å². The van der Waals surface area contributed by atoms with Crippen LogP contribution in [-0.2, 0) is 4.79 Å². The summed E-state index contributed by atoms with van der Waals surface area (Å²) in [6.07, 6.45) is 3.77. The molecule has 0 spiro atoms. The summed E-state index contributed by atoms with van der Waals surface area (Å²) in [5.41, 5.74) is 3.06. The van der Waals surface area contributed by atoms with Gasteiger partial charge in [-0.2, -0.15) is 0 Å². The zero-order valence-electron chi connectivity index (χ0n) is 15.4. The van der Waals surface area contributed by atoms with Crippen molar-refractivity contribution in [2.75, 3.05) is 35.2 Å². The molecule has 0 aromatic heterocycles. The molecule has 1 aliphatic rings. The zero-order chi connectivity index (χ0) is 18.5. The lowest BCUT2D eigenvalue weighted by atomic mass is 10.1. The number of amides is 1. The van der Waals surface area contributed by atoms with Gasteiger partial charge in [0.25, 0.3) is 0 Å². The number of nitrogens with zero attached hydrogens (tertiary/aromatic N) is 1. The third-order valence-corrected chi connectivity index (χ3v) is 5.10. The molecule has 3 aromatic rings. The molecular weight excluding hydrogens is 334 g/mol. The fourth-order valence-electron chi connectivity index (χ4n) is 3.74. The van der Waals surface area contributed by atoms with Crippen molar-refractivity contribution < 1.29 is 4.79 Å². The van der Waals surface area contributed by atoms with Gasteiger partial charge in [0.1, 0.15) is 0 Å². The minimum Gasteiger partial charge on any atom is -0.374 e. The van der Waals surface area contributed by atoms with Crippen LogP contribution in [0, 0.1) is 0 Å². The van der Waals surface area contributed by atoms with Crippen LogP contribution in [0.15, 0.2) is 66.7 Å². The van der Waals surface area contributed by atoms with E-state index in [0.29, 0.717) is 0 Å². The second kappa shape index (κ2) is 8.12. The highest BCUT2D eigenvalue weighted by Gasteiger charge is 2.14. The first-order chi connectivity index (χ1) is 13.3. The van der Waals surface area contributed by atoms with Gasteiger partial charge in [-0.25, -0.2) is 0 Å². The van der Waals surface area contributed by atoms with E-state index in [1.54, 1.807) is 0 Å². The summed E-state index contributed by atoms with van der Waals surface area (Å²) in [6, 6.07) is 22.3. The van der Waals surface area contributed by atoms with Crippen molar-refractivity contribution in [1.29, 1.82) is 0 Å². The molecule has 0 aliphatic carbocycles. The average Bonchev–Trinajstić information content (AvgIpc) is 2.73. The molecule has 2 N–H and O–H groups in total. The van der Waals surface area contributed by atoms with E-state index < -0.39 is 0 Å². The van der Waals surface area contributed by atoms with Crippen molar-refractivity contribution in [1.82, 2.24) is 0 Å². The highest BCUT2D eigenvalue weighted by molar-refractivity contribution is 6.03. The number of hydrogen-bond acceptors (Lipinski definition) is 3. The Bertz CT molecular complexity index is 926. The SMILES string of the molecule is O=C(CNc1ccccc1N1CCCCC1)Nc1cccc2ccccc12. The lowest BCUT2D eigenvalue weighted by Crippen LogP contribution is -2.30. The van der Waals surface area contributed by atoms with Crippen LogP contribution < -0.4 is 15.5 Å². The summed E-state index contributed by atoms with van der Waals surface area (Å²) < 4.78 is 0. The molecular formula is C23H25N3O. The molecule has 0 saturated carbocycles. The molecule has 1 aliphatic heterocycles. The number of carbonyl (C=O) groups excluding carboxylic acids is 1. The fraction of sp³-hybridized carbons (Fsp3) is 0.261. The number of rotatable bonds is 5. The molecule has 4 rings (SSSR count). The molecule has 0 atom stereocenters. The molecule has 4 heteroatoms. The van der Waals surface area contributed by atoms with Gasteiger partial charge in [0.05, 0.1) is 17.9 Å². The maximum Gasteiger partial charge on any atom is 0.243 e. The predicted molar refractivity (Wildman–Crippen MR) is 114 cm³/mol. The topological polar surface area (TPSA) is 44.4 Å². The number of fused-ring (bicyclic) bond motifs is 1. The molecule has 138 valence electrons. The number of piperidine rings is 1. The van der Waals surface area contributed by atoms with E-state index >= 15 is 0 Å². The van der Waals surface area contributed by atoms with Gasteiger partial charge < -0.3 is 15.5 Å². The highest BCUT2D eigenvalue weighted by Crippen LogP contribution is 2.28. The van der Waals surface area contributed by atoms with Gasteiger partial charge in [-0.1, -0.05) is 48.5 Å². The van der Waals surface area contributed by atoms with Gasteiger partial charge in [-0.3, -0.25) is 4.79 Å². The Hall–Kier alpha value is -3.01. The Morgan fingerprint density at radius 1 is 0.815 bits per heavy atom. The standard InChI is InChI=1S/C23H25N3O/c27-23(25-20-13-8-10-18-9-2-3-11-19(18)20)17-24-21-12-4-5-14-22(21)26-15-6-1-7-16-26/h2-5,8-14,24H,1,6-7,15-17H2,(H,25,27). The second-order valence-electron chi connectivity index (χ2n) is 6.99. The van der Waals surface area contributed by atoms with Gasteiger partial charge in [0, 0.05) is 24.2 Å². The summed E-state index contributed by atoms with van der Waals surface area (Å²) in [5, 5.41) is 8.55. The molecule has 1 heterocycles. The van der Waals surface area contributed by atoms with E-state index in [2.05, 4.69) is 45.9 Å². The number of anilines is 3. The van der Waals surface area contributed by atoms with E-state index in [0.717, 1.165) is 35.2 Å². The Morgan fingerprint density at radius 3 is 2.41 bits per heavy atom. The smallest absolute Gasteiger partial charge is 0.243 e. The van der Waals surface area contributed by atoms with E-state index in [-0.39, 0.29) is 12.5 Å². The van der Waals surface area contributed by atoms with Crippen molar-refractivity contribution in [3.05, 3.63) is 66.7 Å². The molecule has 4 nitrogen and oxygen atoms in total. The van der Waals surface area contributed by atoms with Crippen LogP contribution >= 0.6 is 0 Å². The summed E-state index contributed by atoms with van der Waals surface area (Å²) >= 11 is 0. The van der Waals surface area contributed by atoms with Crippen LogP contribution in [0.3, 0.4) is 0 Å². The van der Waals surface area contributed by atoms with Gasteiger partial charge in [-0.15, -0.1) is 0 Å². The molecule has 1 saturated heterocycles. The van der Waals surface area contributed by atoms with Gasteiger partial charge in [0.15, 0.2) is 0 Å². The van der Waals surface area contributed by atoms with E-state index in [1.807, 2.05) is 36.4 Å². The van der Waals surface area contributed by atoms with Crippen molar-refractivity contribution in [3.8, 4) is 0 Å². The molecule has 1 fully saturated rings. The highest BCUT2D eigenvalue weighted by atomic mass is 16.1. The van der Waals surface area contributed by atoms with Crippen molar-refractivity contribution in [3.63, 3.8) is 0 Å². The van der Waals surface area contributed by atoms with E-state index in [1.165, 1.54) is 24.9 Å². The first-order valence-electron chi connectivity index (χ1n) is 9.67. The number of benzene rings is 3. The third-order valence-electron chi connectivity index (χ3n) is 5.10. The Kier molecular flexibility index (Phi) is 5.24. The Balaban J connectivity index is 1.44. The summed E-state index contributed by atoms with van der Waals surface area (Å²) in [7, 11) is 0. The zero-order valence-corrected chi connectivity index (χ0v) is 15.4. The van der Waals surface area contributed by atoms with Gasteiger partial charge >= 0.3 is 0 Å². The number of hydrogen-bond donors (Lipinski definition) is 2. The van der Waals surface area contributed by atoms with Gasteiger partial charge in [0.2, 0.25) is 5.91 Å². The number of para-hydroxylation sites is 2. The van der Waals surface area contributed by atoms with Crippen LogP contribution in [0.4, 0.5) is 17.1 Å². The molecule has 0 radical (unpaired) electrons. The monoisotopic (exact) mass is 359 g/mol.